The maximum absolute atomic E-state index is 12.1. The smallest absolute Gasteiger partial charge is 0.411 e. The fraction of sp³-hybridized carbons (Fsp3) is 0.800. The first kappa shape index (κ1) is 19.1. The van der Waals surface area contributed by atoms with Crippen LogP contribution in [-0.4, -0.2) is 58.0 Å². The van der Waals surface area contributed by atoms with E-state index in [1.54, 1.807) is 41.5 Å². The van der Waals surface area contributed by atoms with Gasteiger partial charge in [-0.3, -0.25) is 4.90 Å². The van der Waals surface area contributed by atoms with E-state index in [4.69, 9.17) is 9.47 Å². The Bertz CT molecular complexity index is 477. The summed E-state index contributed by atoms with van der Waals surface area (Å²) in [6.45, 7) is 10.4. The number of alkyl carbamates (subject to hydrolysis) is 1. The first-order chi connectivity index (χ1) is 10.3. The van der Waals surface area contributed by atoms with Crippen molar-refractivity contribution in [2.75, 3.05) is 6.54 Å². The molecule has 1 aliphatic rings. The SMILES string of the molecule is CC(C)(C)OC(=O)N[C@@H]1C[C@H](C(=O)O)N(C(=O)OC(C)(C)C)C1. The number of carboxylic acid groups (broad SMARTS) is 1. The lowest BCUT2D eigenvalue weighted by atomic mass is 10.2. The molecule has 0 aromatic heterocycles. The van der Waals surface area contributed by atoms with Crippen LogP contribution in [0.4, 0.5) is 9.59 Å². The van der Waals surface area contributed by atoms with Gasteiger partial charge in [0.2, 0.25) is 0 Å². The Morgan fingerprint density at radius 2 is 1.57 bits per heavy atom. The van der Waals surface area contributed by atoms with E-state index >= 15 is 0 Å². The molecule has 8 nitrogen and oxygen atoms in total. The lowest BCUT2D eigenvalue weighted by Crippen LogP contribution is -2.44. The number of hydrogen-bond acceptors (Lipinski definition) is 5. The van der Waals surface area contributed by atoms with Gasteiger partial charge in [0, 0.05) is 13.0 Å². The van der Waals surface area contributed by atoms with Crippen molar-refractivity contribution in [1.29, 1.82) is 0 Å². The monoisotopic (exact) mass is 330 g/mol. The minimum Gasteiger partial charge on any atom is -0.480 e. The zero-order chi connectivity index (χ0) is 18.0. The second-order valence-corrected chi connectivity index (χ2v) is 7.57. The molecule has 0 aromatic rings. The Morgan fingerprint density at radius 3 is 2.00 bits per heavy atom. The number of nitrogens with one attached hydrogen (secondary N) is 1. The summed E-state index contributed by atoms with van der Waals surface area (Å²) in [5.41, 5.74) is -1.38. The highest BCUT2D eigenvalue weighted by Crippen LogP contribution is 2.22. The van der Waals surface area contributed by atoms with Crippen LogP contribution in [-0.2, 0) is 14.3 Å². The normalized spacial score (nSPS) is 21.7. The van der Waals surface area contributed by atoms with Gasteiger partial charge in [-0.1, -0.05) is 0 Å². The summed E-state index contributed by atoms with van der Waals surface area (Å²) in [7, 11) is 0. The lowest BCUT2D eigenvalue weighted by Gasteiger charge is -2.26. The van der Waals surface area contributed by atoms with Crippen LogP contribution in [0.15, 0.2) is 0 Å². The summed E-state index contributed by atoms with van der Waals surface area (Å²) >= 11 is 0. The minimum atomic E-state index is -1.13. The molecule has 1 heterocycles. The molecule has 0 radical (unpaired) electrons. The average molecular weight is 330 g/mol. The van der Waals surface area contributed by atoms with Gasteiger partial charge in [-0.2, -0.15) is 0 Å². The molecule has 1 fully saturated rings. The summed E-state index contributed by atoms with van der Waals surface area (Å²) in [4.78, 5) is 36.4. The second kappa shape index (κ2) is 6.64. The van der Waals surface area contributed by atoms with Crippen LogP contribution >= 0.6 is 0 Å². The number of hydrogen-bond donors (Lipinski definition) is 2. The van der Waals surface area contributed by atoms with E-state index in [9.17, 15) is 19.5 Å². The van der Waals surface area contributed by atoms with E-state index in [-0.39, 0.29) is 13.0 Å². The van der Waals surface area contributed by atoms with Crippen molar-refractivity contribution in [3.8, 4) is 0 Å². The molecule has 0 unspecified atom stereocenters. The van der Waals surface area contributed by atoms with Crippen molar-refractivity contribution in [2.24, 2.45) is 0 Å². The van der Waals surface area contributed by atoms with Gasteiger partial charge in [-0.15, -0.1) is 0 Å². The molecule has 0 spiro atoms. The number of carboxylic acids is 1. The Hall–Kier alpha value is -1.99. The van der Waals surface area contributed by atoms with Gasteiger partial charge in [0.25, 0.3) is 0 Å². The summed E-state index contributed by atoms with van der Waals surface area (Å²) in [5.74, 6) is -1.13. The zero-order valence-electron chi connectivity index (χ0n) is 14.5. The minimum absolute atomic E-state index is 0.0606. The van der Waals surface area contributed by atoms with Crippen LogP contribution in [0.5, 0.6) is 0 Å². The van der Waals surface area contributed by atoms with Crippen molar-refractivity contribution < 1.29 is 29.0 Å². The fourth-order valence-corrected chi connectivity index (χ4v) is 2.17. The van der Waals surface area contributed by atoms with Gasteiger partial charge >= 0.3 is 18.2 Å². The van der Waals surface area contributed by atoms with Crippen LogP contribution in [0.25, 0.3) is 0 Å². The molecule has 0 saturated carbocycles. The Labute approximate surface area is 136 Å². The molecule has 1 aliphatic heterocycles. The van der Waals surface area contributed by atoms with Crippen LogP contribution in [0.3, 0.4) is 0 Å². The predicted molar refractivity (Wildman–Crippen MR) is 82.1 cm³/mol. The maximum Gasteiger partial charge on any atom is 0.411 e. The van der Waals surface area contributed by atoms with Gasteiger partial charge < -0.3 is 19.9 Å². The number of amides is 2. The lowest BCUT2D eigenvalue weighted by molar-refractivity contribution is -0.142. The number of ether oxygens (including phenoxy) is 2. The molecule has 0 bridgehead atoms. The van der Waals surface area contributed by atoms with Crippen molar-refractivity contribution in [3.05, 3.63) is 0 Å². The number of carbonyl (C=O) groups is 3. The van der Waals surface area contributed by atoms with E-state index in [1.165, 1.54) is 0 Å². The largest absolute Gasteiger partial charge is 0.480 e. The molecular formula is C15H26N2O6. The third kappa shape index (κ3) is 6.33. The highest BCUT2D eigenvalue weighted by atomic mass is 16.6. The van der Waals surface area contributed by atoms with Crippen molar-refractivity contribution >= 4 is 18.2 Å². The number of rotatable bonds is 2. The first-order valence-corrected chi connectivity index (χ1v) is 7.50. The van der Waals surface area contributed by atoms with Gasteiger partial charge in [0.1, 0.15) is 17.2 Å². The molecule has 0 aliphatic carbocycles. The third-order valence-electron chi connectivity index (χ3n) is 2.94. The van der Waals surface area contributed by atoms with Crippen molar-refractivity contribution in [1.82, 2.24) is 10.2 Å². The highest BCUT2D eigenvalue weighted by Gasteiger charge is 2.42. The van der Waals surface area contributed by atoms with Gasteiger partial charge in [0.05, 0.1) is 6.04 Å². The van der Waals surface area contributed by atoms with E-state index in [0.29, 0.717) is 0 Å². The molecule has 0 aromatic carbocycles. The fourth-order valence-electron chi connectivity index (χ4n) is 2.17. The van der Waals surface area contributed by atoms with E-state index in [2.05, 4.69) is 5.32 Å². The van der Waals surface area contributed by atoms with Crippen molar-refractivity contribution in [2.45, 2.75) is 71.2 Å². The summed E-state index contributed by atoms with van der Waals surface area (Å²) < 4.78 is 10.4. The van der Waals surface area contributed by atoms with Crippen LogP contribution < -0.4 is 5.32 Å². The van der Waals surface area contributed by atoms with E-state index in [1.807, 2.05) is 0 Å². The van der Waals surface area contributed by atoms with Crippen LogP contribution in [0.2, 0.25) is 0 Å². The Balaban J connectivity index is 2.73. The number of carbonyl (C=O) groups excluding carboxylic acids is 2. The van der Waals surface area contributed by atoms with Gasteiger partial charge in [-0.05, 0) is 41.5 Å². The first-order valence-electron chi connectivity index (χ1n) is 7.50. The molecule has 8 heteroatoms. The Morgan fingerprint density at radius 1 is 1.04 bits per heavy atom. The second-order valence-electron chi connectivity index (χ2n) is 7.57. The molecule has 2 N–H and O–H groups in total. The van der Waals surface area contributed by atoms with Crippen LogP contribution in [0.1, 0.15) is 48.0 Å². The van der Waals surface area contributed by atoms with Crippen molar-refractivity contribution in [3.63, 3.8) is 0 Å². The molecule has 132 valence electrons. The number of nitrogens with zero attached hydrogens (tertiary/aromatic N) is 1. The summed E-state index contributed by atoms with van der Waals surface area (Å²) in [6.07, 6.45) is -1.25. The molecular weight excluding hydrogens is 304 g/mol. The molecule has 1 saturated heterocycles. The molecule has 23 heavy (non-hydrogen) atoms. The van der Waals surface area contributed by atoms with E-state index in [0.717, 1.165) is 4.90 Å². The predicted octanol–water partition coefficient (Wildman–Crippen LogP) is 1.97. The number of likely N-dealkylation sites (tertiary alicyclic amines) is 1. The molecule has 2 amide bonds. The molecule has 1 rings (SSSR count). The van der Waals surface area contributed by atoms with E-state index < -0.39 is 41.4 Å². The summed E-state index contributed by atoms with van der Waals surface area (Å²) in [5, 5.41) is 11.9. The quantitative estimate of drug-likeness (QED) is 0.802. The third-order valence-corrected chi connectivity index (χ3v) is 2.94. The zero-order valence-corrected chi connectivity index (χ0v) is 14.5. The number of aliphatic carboxylic acids is 1. The van der Waals surface area contributed by atoms with Gasteiger partial charge in [-0.25, -0.2) is 14.4 Å². The summed E-state index contributed by atoms with van der Waals surface area (Å²) in [6, 6.07) is -1.54. The Kier molecular flexibility index (Phi) is 5.50. The maximum atomic E-state index is 12.1. The molecule has 2 atom stereocenters. The topological polar surface area (TPSA) is 105 Å². The van der Waals surface area contributed by atoms with Crippen LogP contribution in [0, 0.1) is 0 Å². The standard InChI is InChI=1S/C15H26N2O6/c1-14(2,3)22-12(20)16-9-7-10(11(18)19)17(8-9)13(21)23-15(4,5)6/h9-10H,7-8H2,1-6H3,(H,16,20)(H,18,19)/t9-,10-/m1/s1. The highest BCUT2D eigenvalue weighted by molar-refractivity contribution is 5.81. The average Bonchev–Trinajstić information content (AvgIpc) is 2.67. The van der Waals surface area contributed by atoms with Gasteiger partial charge in [0.15, 0.2) is 0 Å².